The van der Waals surface area contributed by atoms with E-state index in [0.29, 0.717) is 17.4 Å². The number of benzene rings is 1. The SMILES string of the molecule is CS(=O)(=O)CC(=O)Nc1cccc(-c2ccc(NC3C[C@@H]4CN(CC5CCOCC5)C[C@@H]4C3)nn2)c1. The number of nitrogens with zero attached hydrogens (tertiary/aromatic N) is 3. The summed E-state index contributed by atoms with van der Waals surface area (Å²) in [4.78, 5) is 14.6. The molecule has 3 heterocycles. The summed E-state index contributed by atoms with van der Waals surface area (Å²) >= 11 is 0. The highest BCUT2D eigenvalue weighted by Gasteiger charge is 2.41. The molecule has 1 aromatic carbocycles. The minimum Gasteiger partial charge on any atom is -0.381 e. The molecule has 2 aromatic rings. The van der Waals surface area contributed by atoms with E-state index in [2.05, 4.69) is 25.7 Å². The lowest BCUT2D eigenvalue weighted by Crippen LogP contribution is -2.32. The summed E-state index contributed by atoms with van der Waals surface area (Å²) in [5, 5.41) is 15.0. The first kappa shape index (κ1) is 25.1. The maximum absolute atomic E-state index is 11.9. The van der Waals surface area contributed by atoms with Crippen molar-refractivity contribution in [2.75, 3.05) is 55.5 Å². The number of likely N-dealkylation sites (tertiary alicyclic amines) is 1. The fourth-order valence-electron chi connectivity index (χ4n) is 5.92. The second kappa shape index (κ2) is 10.8. The quantitative estimate of drug-likeness (QED) is 0.554. The first-order valence-electron chi connectivity index (χ1n) is 12.8. The summed E-state index contributed by atoms with van der Waals surface area (Å²) in [6.45, 7) is 5.49. The fourth-order valence-corrected chi connectivity index (χ4v) is 6.47. The summed E-state index contributed by atoms with van der Waals surface area (Å²) in [7, 11) is -3.38. The molecule has 0 radical (unpaired) electrons. The number of sulfone groups is 1. The van der Waals surface area contributed by atoms with E-state index in [1.165, 1.54) is 45.3 Å². The number of carbonyl (C=O) groups excluding carboxylic acids is 1. The smallest absolute Gasteiger partial charge is 0.239 e. The Morgan fingerprint density at radius 2 is 1.83 bits per heavy atom. The van der Waals surface area contributed by atoms with E-state index in [0.717, 1.165) is 48.6 Å². The van der Waals surface area contributed by atoms with Crippen LogP contribution in [0.4, 0.5) is 11.5 Å². The van der Waals surface area contributed by atoms with Crippen LogP contribution in [-0.2, 0) is 19.4 Å². The zero-order valence-corrected chi connectivity index (χ0v) is 21.5. The van der Waals surface area contributed by atoms with Crippen molar-refractivity contribution in [2.45, 2.75) is 31.7 Å². The maximum atomic E-state index is 11.9. The number of rotatable bonds is 8. The van der Waals surface area contributed by atoms with E-state index in [-0.39, 0.29) is 0 Å². The second-order valence-electron chi connectivity index (χ2n) is 10.6. The van der Waals surface area contributed by atoms with Gasteiger partial charge in [0.15, 0.2) is 9.84 Å². The molecule has 0 bridgehead atoms. The summed E-state index contributed by atoms with van der Waals surface area (Å²) in [5.74, 6) is 1.98. The Balaban J connectivity index is 1.12. The first-order chi connectivity index (χ1) is 17.3. The van der Waals surface area contributed by atoms with E-state index in [1.807, 2.05) is 18.2 Å². The largest absolute Gasteiger partial charge is 0.381 e. The second-order valence-corrected chi connectivity index (χ2v) is 12.8. The van der Waals surface area contributed by atoms with Crippen LogP contribution in [-0.4, -0.2) is 80.3 Å². The van der Waals surface area contributed by atoms with E-state index in [9.17, 15) is 13.2 Å². The van der Waals surface area contributed by atoms with Crippen LogP contribution >= 0.6 is 0 Å². The maximum Gasteiger partial charge on any atom is 0.239 e. The van der Waals surface area contributed by atoms with Gasteiger partial charge in [-0.25, -0.2) is 8.42 Å². The predicted molar refractivity (Wildman–Crippen MR) is 139 cm³/mol. The normalized spacial score (nSPS) is 25.0. The molecular weight excluding hydrogens is 478 g/mol. The molecule has 10 heteroatoms. The lowest BCUT2D eigenvalue weighted by molar-refractivity contribution is -0.113. The van der Waals surface area contributed by atoms with Gasteiger partial charge in [0.05, 0.1) is 5.69 Å². The van der Waals surface area contributed by atoms with Gasteiger partial charge in [0.1, 0.15) is 11.6 Å². The average Bonchev–Trinajstić information content (AvgIpc) is 3.37. The number of nitrogens with one attached hydrogen (secondary N) is 2. The third-order valence-corrected chi connectivity index (χ3v) is 8.32. The van der Waals surface area contributed by atoms with Gasteiger partial charge < -0.3 is 20.3 Å². The van der Waals surface area contributed by atoms with Crippen molar-refractivity contribution < 1.29 is 17.9 Å². The van der Waals surface area contributed by atoms with Gasteiger partial charge in [0.25, 0.3) is 0 Å². The fraction of sp³-hybridized carbons (Fsp3) is 0.577. The van der Waals surface area contributed by atoms with Crippen LogP contribution in [0.5, 0.6) is 0 Å². The lowest BCUT2D eigenvalue weighted by atomic mass is 10.00. The average molecular weight is 514 g/mol. The summed E-state index contributed by atoms with van der Waals surface area (Å²) in [6, 6.07) is 11.4. The van der Waals surface area contributed by atoms with Crippen molar-refractivity contribution in [3.05, 3.63) is 36.4 Å². The number of carbonyl (C=O) groups is 1. The van der Waals surface area contributed by atoms with Crippen molar-refractivity contribution in [3.8, 4) is 11.3 Å². The predicted octanol–water partition coefficient (Wildman–Crippen LogP) is 2.68. The number of hydrogen-bond donors (Lipinski definition) is 2. The van der Waals surface area contributed by atoms with Gasteiger partial charge in [-0.1, -0.05) is 12.1 Å². The van der Waals surface area contributed by atoms with Gasteiger partial charge in [-0.05, 0) is 67.7 Å². The van der Waals surface area contributed by atoms with Crippen LogP contribution in [0, 0.1) is 17.8 Å². The molecule has 1 unspecified atom stereocenters. The lowest BCUT2D eigenvalue weighted by Gasteiger charge is -2.27. The van der Waals surface area contributed by atoms with Crippen LogP contribution in [0.3, 0.4) is 0 Å². The molecule has 3 aliphatic rings. The Bertz CT molecular complexity index is 1150. The number of hydrogen-bond acceptors (Lipinski definition) is 8. The molecule has 3 fully saturated rings. The molecule has 2 aliphatic heterocycles. The van der Waals surface area contributed by atoms with Crippen LogP contribution in [0.15, 0.2) is 36.4 Å². The third-order valence-electron chi connectivity index (χ3n) is 7.54. The van der Waals surface area contributed by atoms with E-state index < -0.39 is 21.5 Å². The molecule has 1 aliphatic carbocycles. The minimum absolute atomic E-state index is 0.429. The van der Waals surface area contributed by atoms with Gasteiger partial charge in [0.2, 0.25) is 5.91 Å². The topological polar surface area (TPSA) is 114 Å². The van der Waals surface area contributed by atoms with Crippen molar-refractivity contribution in [1.29, 1.82) is 0 Å². The van der Waals surface area contributed by atoms with Crippen LogP contribution in [0.25, 0.3) is 11.3 Å². The number of aromatic nitrogens is 2. The van der Waals surface area contributed by atoms with E-state index in [4.69, 9.17) is 4.74 Å². The molecule has 1 amide bonds. The van der Waals surface area contributed by atoms with Crippen molar-refractivity contribution in [1.82, 2.24) is 15.1 Å². The number of ether oxygens (including phenoxy) is 1. The zero-order valence-electron chi connectivity index (χ0n) is 20.7. The standard InChI is InChI=1S/C26H35N5O4S/c1-36(33,34)17-26(32)28-22-4-2-3-19(11-22)24-5-6-25(30-29-24)27-23-12-20-15-31(16-21(20)13-23)14-18-7-9-35-10-8-18/h2-6,11,18,20-21,23H,7-10,12-17H2,1H3,(H,27,30)(H,28,32)/t20-,21+,23?. The summed E-state index contributed by atoms with van der Waals surface area (Å²) in [6.07, 6.45) is 5.79. The molecule has 9 nitrogen and oxygen atoms in total. The Labute approximate surface area is 212 Å². The highest BCUT2D eigenvalue weighted by molar-refractivity contribution is 7.91. The van der Waals surface area contributed by atoms with Gasteiger partial charge in [-0.15, -0.1) is 10.2 Å². The molecule has 2 saturated heterocycles. The molecule has 36 heavy (non-hydrogen) atoms. The van der Waals surface area contributed by atoms with Crippen molar-refractivity contribution >= 4 is 27.2 Å². The first-order valence-corrected chi connectivity index (χ1v) is 14.8. The highest BCUT2D eigenvalue weighted by Crippen LogP contribution is 2.39. The molecule has 1 saturated carbocycles. The molecule has 1 aromatic heterocycles. The van der Waals surface area contributed by atoms with Crippen LogP contribution < -0.4 is 10.6 Å². The molecule has 2 N–H and O–H groups in total. The number of amides is 1. The molecular formula is C26H35N5O4S. The van der Waals surface area contributed by atoms with Gasteiger partial charge in [-0.2, -0.15) is 0 Å². The number of fused-ring (bicyclic) bond motifs is 1. The Kier molecular flexibility index (Phi) is 7.55. The van der Waals surface area contributed by atoms with Gasteiger partial charge >= 0.3 is 0 Å². The van der Waals surface area contributed by atoms with E-state index in [1.54, 1.807) is 18.2 Å². The molecule has 3 atom stereocenters. The third kappa shape index (κ3) is 6.60. The van der Waals surface area contributed by atoms with Crippen LogP contribution in [0.2, 0.25) is 0 Å². The Morgan fingerprint density at radius 1 is 1.08 bits per heavy atom. The summed E-state index contributed by atoms with van der Waals surface area (Å²) in [5.41, 5.74) is 2.01. The van der Waals surface area contributed by atoms with Crippen molar-refractivity contribution in [2.24, 2.45) is 17.8 Å². The Morgan fingerprint density at radius 3 is 2.50 bits per heavy atom. The zero-order chi connectivity index (χ0) is 25.1. The van der Waals surface area contributed by atoms with Gasteiger partial charge in [-0.3, -0.25) is 4.79 Å². The molecule has 0 spiro atoms. The van der Waals surface area contributed by atoms with Crippen LogP contribution in [0.1, 0.15) is 25.7 Å². The van der Waals surface area contributed by atoms with Gasteiger partial charge in [0, 0.05) is 56.4 Å². The Hall–Kier alpha value is -2.56. The number of anilines is 2. The highest BCUT2D eigenvalue weighted by atomic mass is 32.2. The monoisotopic (exact) mass is 513 g/mol. The summed E-state index contributed by atoms with van der Waals surface area (Å²) < 4.78 is 28.2. The van der Waals surface area contributed by atoms with Crippen molar-refractivity contribution in [3.63, 3.8) is 0 Å². The molecule has 194 valence electrons. The molecule has 5 rings (SSSR count). The minimum atomic E-state index is -3.38. The van der Waals surface area contributed by atoms with E-state index >= 15 is 0 Å².